The third-order valence-electron chi connectivity index (χ3n) is 6.04. The number of aromatic nitrogens is 3. The number of nitrogens with zero attached hydrogens (tertiary/aromatic N) is 4. The molecule has 1 saturated heterocycles. The maximum absolute atomic E-state index is 13.0. The Morgan fingerprint density at radius 2 is 1.71 bits per heavy atom. The Morgan fingerprint density at radius 1 is 1.03 bits per heavy atom. The van der Waals surface area contributed by atoms with Gasteiger partial charge in [0.1, 0.15) is 0 Å². The molecule has 34 heavy (non-hydrogen) atoms. The number of nitrogens with one attached hydrogen (secondary N) is 1. The van der Waals surface area contributed by atoms with Crippen LogP contribution in [0.3, 0.4) is 0 Å². The predicted molar refractivity (Wildman–Crippen MR) is 120 cm³/mol. The lowest BCUT2D eigenvalue weighted by Gasteiger charge is -2.38. The minimum atomic E-state index is -2.55. The van der Waals surface area contributed by atoms with Crippen molar-refractivity contribution in [2.75, 3.05) is 18.4 Å². The van der Waals surface area contributed by atoms with Gasteiger partial charge < -0.3 is 5.11 Å². The molecule has 0 bridgehead atoms. The van der Waals surface area contributed by atoms with Crippen LogP contribution in [-0.4, -0.2) is 55.5 Å². The smallest absolute Gasteiger partial charge is 0.306 e. The van der Waals surface area contributed by atoms with Crippen LogP contribution >= 0.6 is 0 Å². The van der Waals surface area contributed by atoms with E-state index in [2.05, 4.69) is 15.4 Å². The highest BCUT2D eigenvalue weighted by atomic mass is 19.3. The molecule has 0 unspecified atom stereocenters. The summed E-state index contributed by atoms with van der Waals surface area (Å²) in [6.45, 7) is 0.158. The van der Waals surface area contributed by atoms with Crippen molar-refractivity contribution >= 4 is 23.5 Å². The van der Waals surface area contributed by atoms with Crippen molar-refractivity contribution < 1.29 is 23.5 Å². The Balaban J connectivity index is 0.000000351. The number of fused-ring (bicyclic) bond motifs is 1. The summed E-state index contributed by atoms with van der Waals surface area (Å²) in [7, 11) is 0. The topological polar surface area (TPSA) is 99.8 Å². The van der Waals surface area contributed by atoms with Crippen molar-refractivity contribution in [1.82, 2.24) is 19.5 Å². The summed E-state index contributed by atoms with van der Waals surface area (Å²) >= 11 is 0. The van der Waals surface area contributed by atoms with Gasteiger partial charge in [0.2, 0.25) is 11.9 Å². The number of aliphatic carboxylic acids is 1. The normalized spacial score (nSPS) is 19.1. The number of likely N-dealkylation sites (tertiary alicyclic amines) is 1. The number of alkyl halides is 2. The van der Waals surface area contributed by atoms with Crippen molar-refractivity contribution in [2.24, 2.45) is 11.8 Å². The highest BCUT2D eigenvalue weighted by Crippen LogP contribution is 2.31. The summed E-state index contributed by atoms with van der Waals surface area (Å²) in [4.78, 5) is 27.8. The highest BCUT2D eigenvalue weighted by Gasteiger charge is 2.43. The number of benzene rings is 1. The fourth-order valence-electron chi connectivity index (χ4n) is 3.82. The molecule has 6 rings (SSSR count). The molecular formula is C24H25F2N5O3. The van der Waals surface area contributed by atoms with Crippen molar-refractivity contribution in [3.05, 3.63) is 48.0 Å². The lowest BCUT2D eigenvalue weighted by atomic mass is 10.1. The second kappa shape index (κ2) is 8.75. The van der Waals surface area contributed by atoms with Crippen molar-refractivity contribution in [1.29, 1.82) is 0 Å². The van der Waals surface area contributed by atoms with Gasteiger partial charge in [0.25, 0.3) is 5.92 Å². The molecule has 3 heterocycles. The molecule has 1 aromatic carbocycles. The number of anilines is 1. The van der Waals surface area contributed by atoms with E-state index in [1.54, 1.807) is 9.42 Å². The quantitative estimate of drug-likeness (QED) is 0.571. The molecule has 0 atom stereocenters. The highest BCUT2D eigenvalue weighted by molar-refractivity contribution is 5.92. The second-order valence-electron chi connectivity index (χ2n) is 9.19. The number of halogens is 2. The number of carboxylic acids is 1. The molecule has 8 nitrogen and oxygen atoms in total. The maximum Gasteiger partial charge on any atom is 0.306 e. The Kier molecular flexibility index (Phi) is 5.76. The van der Waals surface area contributed by atoms with Crippen LogP contribution in [0.2, 0.25) is 0 Å². The molecule has 10 heteroatoms. The zero-order valence-corrected chi connectivity index (χ0v) is 18.5. The van der Waals surface area contributed by atoms with E-state index in [0.717, 1.165) is 42.5 Å². The van der Waals surface area contributed by atoms with E-state index < -0.39 is 11.9 Å². The van der Waals surface area contributed by atoms with E-state index >= 15 is 0 Å². The van der Waals surface area contributed by atoms with Gasteiger partial charge in [-0.25, -0.2) is 13.3 Å². The zero-order valence-electron chi connectivity index (χ0n) is 18.5. The van der Waals surface area contributed by atoms with E-state index in [-0.39, 0.29) is 30.8 Å². The first-order valence-corrected chi connectivity index (χ1v) is 11.4. The molecule has 2 saturated carbocycles. The molecule has 178 valence electrons. The molecular weight excluding hydrogens is 444 g/mol. The van der Waals surface area contributed by atoms with Gasteiger partial charge in [0.15, 0.2) is 5.65 Å². The molecule has 3 fully saturated rings. The van der Waals surface area contributed by atoms with Gasteiger partial charge in [0.05, 0.1) is 24.7 Å². The molecule has 1 aliphatic heterocycles. The van der Waals surface area contributed by atoms with Crippen LogP contribution in [0, 0.1) is 11.8 Å². The number of amides is 1. The van der Waals surface area contributed by atoms with Crippen LogP contribution in [0.15, 0.2) is 42.5 Å². The molecule has 3 aliphatic rings. The number of hydrogen-bond acceptors (Lipinski definition) is 5. The lowest BCUT2D eigenvalue weighted by Crippen LogP contribution is -2.55. The van der Waals surface area contributed by atoms with E-state index in [0.29, 0.717) is 18.1 Å². The summed E-state index contributed by atoms with van der Waals surface area (Å²) in [5, 5.41) is 15.3. The Bertz CT molecular complexity index is 1210. The molecule has 2 aliphatic carbocycles. The van der Waals surface area contributed by atoms with Gasteiger partial charge in [0, 0.05) is 18.0 Å². The second-order valence-corrected chi connectivity index (χ2v) is 9.19. The van der Waals surface area contributed by atoms with Gasteiger partial charge in [-0.1, -0.05) is 30.3 Å². The number of pyridine rings is 1. The fraction of sp³-hybridized carbons (Fsp3) is 0.417. The summed E-state index contributed by atoms with van der Waals surface area (Å²) in [5.41, 5.74) is 3.42. The average molecular weight is 469 g/mol. The Labute approximate surface area is 194 Å². The van der Waals surface area contributed by atoms with Crippen LogP contribution < -0.4 is 5.32 Å². The van der Waals surface area contributed by atoms with Crippen LogP contribution in [0.4, 0.5) is 14.7 Å². The Hall–Kier alpha value is -3.40. The van der Waals surface area contributed by atoms with Crippen molar-refractivity contribution in [2.45, 2.75) is 38.2 Å². The van der Waals surface area contributed by atoms with Crippen LogP contribution in [0.1, 0.15) is 31.2 Å². The SMILES string of the molecule is O=C(Nc1nc2cccc(-c3ccc(CN4CC(F)(F)C4)cc3)n2n1)C1CC1.O=C(O)C1CC1. The lowest BCUT2D eigenvalue weighted by molar-refractivity contribution is -0.138. The van der Waals surface area contributed by atoms with E-state index in [9.17, 15) is 18.4 Å². The summed E-state index contributed by atoms with van der Waals surface area (Å²) in [5.74, 6) is -2.79. The fourth-order valence-corrected chi connectivity index (χ4v) is 3.82. The molecule has 0 radical (unpaired) electrons. The number of hydrogen-bond donors (Lipinski definition) is 2. The first-order chi connectivity index (χ1) is 16.3. The third kappa shape index (κ3) is 5.22. The van der Waals surface area contributed by atoms with Crippen LogP contribution in [0.25, 0.3) is 16.9 Å². The molecule has 0 spiro atoms. The first-order valence-electron chi connectivity index (χ1n) is 11.4. The van der Waals surface area contributed by atoms with Crippen LogP contribution in [-0.2, 0) is 16.1 Å². The maximum atomic E-state index is 13.0. The van der Waals surface area contributed by atoms with E-state index in [1.807, 2.05) is 42.5 Å². The number of carboxylic acid groups (broad SMARTS) is 1. The minimum Gasteiger partial charge on any atom is -0.481 e. The Morgan fingerprint density at radius 3 is 2.26 bits per heavy atom. The van der Waals surface area contributed by atoms with E-state index in [1.165, 1.54) is 0 Å². The van der Waals surface area contributed by atoms with Crippen LogP contribution in [0.5, 0.6) is 0 Å². The number of rotatable bonds is 6. The van der Waals surface area contributed by atoms with Gasteiger partial charge in [-0.15, -0.1) is 5.10 Å². The van der Waals surface area contributed by atoms with Crippen molar-refractivity contribution in [3.63, 3.8) is 0 Å². The summed E-state index contributed by atoms with van der Waals surface area (Å²) < 4.78 is 27.6. The monoisotopic (exact) mass is 469 g/mol. The van der Waals surface area contributed by atoms with Gasteiger partial charge in [-0.05, 0) is 43.4 Å². The third-order valence-corrected chi connectivity index (χ3v) is 6.04. The minimum absolute atomic E-state index is 0.0185. The van der Waals surface area contributed by atoms with Crippen molar-refractivity contribution in [3.8, 4) is 11.3 Å². The molecule has 2 N–H and O–H groups in total. The average Bonchev–Trinajstić information content (AvgIpc) is 3.69. The summed E-state index contributed by atoms with van der Waals surface area (Å²) in [6.07, 6.45) is 3.64. The summed E-state index contributed by atoms with van der Waals surface area (Å²) in [6, 6.07) is 13.4. The standard InChI is InChI=1S/C20H19F2N5O.C4H6O2/c21-20(22)11-26(12-20)10-13-4-6-14(7-5-13)16-2-1-3-17-23-19(25-27(16)17)24-18(28)15-8-9-15;5-4(6)3-1-2-3/h1-7,15H,8-12H2,(H,24,25,28);3H,1-2H2,(H,5,6). The van der Waals surface area contributed by atoms with Gasteiger partial charge in [-0.2, -0.15) is 4.98 Å². The first kappa shape index (κ1) is 22.4. The van der Waals surface area contributed by atoms with Gasteiger partial charge in [-0.3, -0.25) is 19.8 Å². The molecule has 2 aromatic heterocycles. The zero-order chi connectivity index (χ0) is 23.9. The number of carbonyl (C=O) groups excluding carboxylic acids is 1. The molecule has 1 amide bonds. The molecule has 3 aromatic rings. The predicted octanol–water partition coefficient (Wildman–Crippen LogP) is 3.68. The largest absolute Gasteiger partial charge is 0.481 e. The van der Waals surface area contributed by atoms with Gasteiger partial charge >= 0.3 is 5.97 Å². The number of carbonyl (C=O) groups is 2. The van der Waals surface area contributed by atoms with E-state index in [4.69, 9.17) is 5.11 Å².